The number of thiazole rings is 1. The monoisotopic (exact) mass is 256 g/mol. The van der Waals surface area contributed by atoms with Crippen molar-refractivity contribution in [3.8, 4) is 11.5 Å². The van der Waals surface area contributed by atoms with Crippen molar-refractivity contribution in [2.75, 3.05) is 5.73 Å². The minimum atomic E-state index is 0.594. The fourth-order valence-electron chi connectivity index (χ4n) is 1.81. The number of fused-ring (bicyclic) bond motifs is 1. The van der Waals surface area contributed by atoms with E-state index >= 15 is 0 Å². The van der Waals surface area contributed by atoms with Gasteiger partial charge in [-0.1, -0.05) is 18.2 Å². The van der Waals surface area contributed by atoms with Crippen LogP contribution in [-0.4, -0.2) is 4.98 Å². The van der Waals surface area contributed by atoms with Gasteiger partial charge in [0.2, 0.25) is 0 Å². The summed E-state index contributed by atoms with van der Waals surface area (Å²) in [4.78, 5) is 4.26. The first kappa shape index (κ1) is 11.0. The fraction of sp³-hybridized carbons (Fsp3) is 0.0714. The average Bonchev–Trinajstić information content (AvgIpc) is 2.84. The summed E-state index contributed by atoms with van der Waals surface area (Å²) < 4.78 is 6.93. The number of hydrogen-bond donors (Lipinski definition) is 1. The molecular weight excluding hydrogens is 244 g/mol. The van der Waals surface area contributed by atoms with Crippen molar-refractivity contribution in [3.63, 3.8) is 0 Å². The summed E-state index contributed by atoms with van der Waals surface area (Å²) in [5.41, 5.74) is 10.4. The molecule has 0 atom stereocenters. The molecule has 1 heterocycles. The maximum absolute atomic E-state index is 6.08. The Kier molecular flexibility index (Phi) is 2.64. The lowest BCUT2D eigenvalue weighted by Gasteiger charge is -2.10. The zero-order chi connectivity index (χ0) is 12.5. The van der Waals surface area contributed by atoms with Crippen molar-refractivity contribution < 1.29 is 4.74 Å². The first-order valence-electron chi connectivity index (χ1n) is 5.61. The number of para-hydroxylation sites is 1. The third kappa shape index (κ3) is 1.80. The average molecular weight is 256 g/mol. The molecule has 90 valence electrons. The smallest absolute Gasteiger partial charge is 0.152 e. The highest BCUT2D eigenvalue weighted by atomic mass is 32.1. The Morgan fingerprint density at radius 3 is 2.78 bits per heavy atom. The lowest BCUT2D eigenvalue weighted by molar-refractivity contribution is 0.482. The Morgan fingerprint density at radius 1 is 1.11 bits per heavy atom. The predicted octanol–water partition coefficient (Wildman–Crippen LogP) is 3.98. The van der Waals surface area contributed by atoms with E-state index in [2.05, 4.69) is 4.98 Å². The first-order valence-corrected chi connectivity index (χ1v) is 6.49. The van der Waals surface area contributed by atoms with Gasteiger partial charge < -0.3 is 10.5 Å². The molecule has 0 aliphatic heterocycles. The minimum absolute atomic E-state index is 0.594. The Bertz CT molecular complexity index is 706. The number of hydrogen-bond acceptors (Lipinski definition) is 4. The van der Waals surface area contributed by atoms with Gasteiger partial charge in [0, 0.05) is 0 Å². The van der Waals surface area contributed by atoms with Gasteiger partial charge in [-0.25, -0.2) is 4.98 Å². The molecule has 0 aliphatic carbocycles. The van der Waals surface area contributed by atoms with Gasteiger partial charge in [0.05, 0.1) is 10.2 Å². The van der Waals surface area contributed by atoms with Crippen molar-refractivity contribution in [2.24, 2.45) is 0 Å². The Morgan fingerprint density at radius 2 is 1.94 bits per heavy atom. The van der Waals surface area contributed by atoms with Crippen LogP contribution in [0.15, 0.2) is 41.9 Å². The summed E-state index contributed by atoms with van der Waals surface area (Å²) in [5.74, 6) is 1.47. The molecule has 0 saturated heterocycles. The highest BCUT2D eigenvalue weighted by Crippen LogP contribution is 2.35. The van der Waals surface area contributed by atoms with Crippen molar-refractivity contribution in [2.45, 2.75) is 6.92 Å². The van der Waals surface area contributed by atoms with Gasteiger partial charge in [0.1, 0.15) is 17.0 Å². The molecule has 0 aliphatic rings. The molecule has 2 aromatic carbocycles. The number of aryl methyl sites for hydroxylation is 1. The van der Waals surface area contributed by atoms with E-state index in [9.17, 15) is 0 Å². The molecule has 0 fully saturated rings. The molecule has 4 heteroatoms. The highest BCUT2D eigenvalue weighted by molar-refractivity contribution is 7.16. The fourth-order valence-corrected chi connectivity index (χ4v) is 2.50. The van der Waals surface area contributed by atoms with Crippen molar-refractivity contribution >= 4 is 27.2 Å². The van der Waals surface area contributed by atoms with E-state index in [1.54, 1.807) is 16.8 Å². The van der Waals surface area contributed by atoms with Gasteiger partial charge in [-0.3, -0.25) is 0 Å². The van der Waals surface area contributed by atoms with Gasteiger partial charge in [0.25, 0.3) is 0 Å². The van der Waals surface area contributed by atoms with Gasteiger partial charge in [-0.2, -0.15) is 0 Å². The second kappa shape index (κ2) is 4.31. The highest BCUT2D eigenvalue weighted by Gasteiger charge is 2.09. The molecular formula is C14H12N2OS. The van der Waals surface area contributed by atoms with E-state index < -0.39 is 0 Å². The summed E-state index contributed by atoms with van der Waals surface area (Å²) in [6, 6.07) is 11.7. The quantitative estimate of drug-likeness (QED) is 0.705. The Balaban J connectivity index is 2.05. The van der Waals surface area contributed by atoms with E-state index in [0.29, 0.717) is 11.4 Å². The van der Waals surface area contributed by atoms with Crippen LogP contribution in [0.25, 0.3) is 10.2 Å². The van der Waals surface area contributed by atoms with Crippen LogP contribution in [0, 0.1) is 6.92 Å². The van der Waals surface area contributed by atoms with Crippen LogP contribution >= 0.6 is 11.3 Å². The zero-order valence-electron chi connectivity index (χ0n) is 9.88. The van der Waals surface area contributed by atoms with Crippen molar-refractivity contribution in [3.05, 3.63) is 47.5 Å². The SMILES string of the molecule is Cc1ccccc1Oc1ccc2scnc2c1N. The van der Waals surface area contributed by atoms with Crippen LogP contribution in [0.4, 0.5) is 5.69 Å². The van der Waals surface area contributed by atoms with Crippen LogP contribution in [0.5, 0.6) is 11.5 Å². The summed E-state index contributed by atoms with van der Waals surface area (Å²) in [6.07, 6.45) is 0. The molecule has 2 N–H and O–H groups in total. The van der Waals surface area contributed by atoms with Gasteiger partial charge in [-0.15, -0.1) is 11.3 Å². The zero-order valence-corrected chi connectivity index (χ0v) is 10.7. The van der Waals surface area contributed by atoms with Crippen LogP contribution in [0.2, 0.25) is 0 Å². The summed E-state index contributed by atoms with van der Waals surface area (Å²) >= 11 is 1.57. The second-order valence-electron chi connectivity index (χ2n) is 4.04. The third-order valence-electron chi connectivity index (χ3n) is 2.82. The molecule has 0 unspecified atom stereocenters. The molecule has 3 aromatic rings. The number of benzene rings is 2. The summed E-state index contributed by atoms with van der Waals surface area (Å²) in [6.45, 7) is 2.01. The number of ether oxygens (including phenoxy) is 1. The van der Waals surface area contributed by atoms with Gasteiger partial charge >= 0.3 is 0 Å². The molecule has 18 heavy (non-hydrogen) atoms. The van der Waals surface area contributed by atoms with Crippen molar-refractivity contribution in [1.29, 1.82) is 0 Å². The van der Waals surface area contributed by atoms with Crippen LogP contribution < -0.4 is 10.5 Å². The van der Waals surface area contributed by atoms with Crippen LogP contribution in [0.3, 0.4) is 0 Å². The normalized spacial score (nSPS) is 10.7. The topological polar surface area (TPSA) is 48.1 Å². The molecule has 3 rings (SSSR count). The van der Waals surface area contributed by atoms with Gasteiger partial charge in [0.15, 0.2) is 5.75 Å². The Hall–Kier alpha value is -2.07. The van der Waals surface area contributed by atoms with E-state index in [1.165, 1.54) is 0 Å². The van der Waals surface area contributed by atoms with E-state index in [1.807, 2.05) is 43.3 Å². The molecule has 0 bridgehead atoms. The number of nitrogens with zero attached hydrogens (tertiary/aromatic N) is 1. The van der Waals surface area contributed by atoms with Gasteiger partial charge in [-0.05, 0) is 30.7 Å². The number of nitrogen functional groups attached to an aromatic ring is 1. The van der Waals surface area contributed by atoms with Crippen molar-refractivity contribution in [1.82, 2.24) is 4.98 Å². The maximum atomic E-state index is 6.08. The largest absolute Gasteiger partial charge is 0.455 e. The number of rotatable bonds is 2. The standard InChI is InChI=1S/C14H12N2OS/c1-9-4-2-3-5-10(9)17-11-6-7-12-14(13(11)15)16-8-18-12/h2-8H,15H2,1H3. The second-order valence-corrected chi connectivity index (χ2v) is 4.93. The number of aromatic nitrogens is 1. The number of anilines is 1. The maximum Gasteiger partial charge on any atom is 0.152 e. The predicted molar refractivity (Wildman–Crippen MR) is 75.3 cm³/mol. The van der Waals surface area contributed by atoms with E-state index in [4.69, 9.17) is 10.5 Å². The third-order valence-corrected chi connectivity index (χ3v) is 3.61. The summed E-state index contributed by atoms with van der Waals surface area (Å²) in [5, 5.41) is 0. The van der Waals surface area contributed by atoms with E-state index in [-0.39, 0.29) is 0 Å². The number of nitrogens with two attached hydrogens (primary N) is 1. The molecule has 3 nitrogen and oxygen atoms in total. The summed E-state index contributed by atoms with van der Waals surface area (Å²) in [7, 11) is 0. The molecule has 0 spiro atoms. The van der Waals surface area contributed by atoms with E-state index in [0.717, 1.165) is 21.5 Å². The van der Waals surface area contributed by atoms with Crippen LogP contribution in [-0.2, 0) is 0 Å². The Labute approximate surface area is 109 Å². The molecule has 0 radical (unpaired) electrons. The molecule has 0 amide bonds. The molecule has 0 saturated carbocycles. The minimum Gasteiger partial charge on any atom is -0.455 e. The lowest BCUT2D eigenvalue weighted by atomic mass is 10.2. The molecule has 1 aromatic heterocycles. The first-order chi connectivity index (χ1) is 8.75. The van der Waals surface area contributed by atoms with Crippen LogP contribution in [0.1, 0.15) is 5.56 Å². The lowest BCUT2D eigenvalue weighted by Crippen LogP contribution is -1.94.